The average Bonchev–Trinajstić information content (AvgIpc) is 3.50. The molecule has 9 nitrogen and oxygen atoms in total. The zero-order valence-electron chi connectivity index (χ0n) is 22.8. The van der Waals surface area contributed by atoms with Crippen LogP contribution >= 0.6 is 11.6 Å². The highest BCUT2D eigenvalue weighted by atomic mass is 35.5. The topological polar surface area (TPSA) is 98.3 Å². The Kier molecular flexibility index (Phi) is 7.09. The number of rotatable bonds is 7. The zero-order chi connectivity index (χ0) is 27.9. The van der Waals surface area contributed by atoms with Crippen molar-refractivity contribution in [3.8, 4) is 17.6 Å². The number of pyridine rings is 2. The van der Waals surface area contributed by atoms with Crippen LogP contribution in [0.3, 0.4) is 0 Å². The van der Waals surface area contributed by atoms with Gasteiger partial charge in [0.05, 0.1) is 41.4 Å². The molecule has 0 spiro atoms. The van der Waals surface area contributed by atoms with Crippen molar-refractivity contribution >= 4 is 22.6 Å². The Bertz CT molecular complexity index is 1580. The van der Waals surface area contributed by atoms with E-state index in [0.717, 1.165) is 54.3 Å². The molecule has 1 fully saturated rings. The Hall–Kier alpha value is -3.71. The van der Waals surface area contributed by atoms with Crippen molar-refractivity contribution < 1.29 is 14.2 Å². The molecule has 1 unspecified atom stereocenters. The van der Waals surface area contributed by atoms with Crippen molar-refractivity contribution in [1.82, 2.24) is 24.4 Å². The summed E-state index contributed by atoms with van der Waals surface area (Å²) in [5, 5.41) is 9.86. The molecule has 206 valence electrons. The number of hydrogen-bond acceptors (Lipinski definition) is 8. The first-order valence-corrected chi connectivity index (χ1v) is 13.9. The molecule has 2 aliphatic heterocycles. The minimum absolute atomic E-state index is 0.0219. The van der Waals surface area contributed by atoms with Crippen LogP contribution in [-0.2, 0) is 23.6 Å². The lowest BCUT2D eigenvalue weighted by molar-refractivity contribution is -0.0722. The van der Waals surface area contributed by atoms with Gasteiger partial charge in [-0.25, -0.2) is 9.97 Å². The monoisotopic (exact) mass is 558 g/mol. The maximum absolute atomic E-state index is 9.29. The third kappa shape index (κ3) is 4.99. The van der Waals surface area contributed by atoms with E-state index in [2.05, 4.69) is 31.6 Å². The molecule has 2 atom stereocenters. The average molecular weight is 559 g/mol. The zero-order valence-corrected chi connectivity index (χ0v) is 23.6. The van der Waals surface area contributed by atoms with E-state index in [-0.39, 0.29) is 6.10 Å². The predicted molar refractivity (Wildman–Crippen MR) is 150 cm³/mol. The summed E-state index contributed by atoms with van der Waals surface area (Å²) in [5.41, 5.74) is 3.93. The Balaban J connectivity index is 1.18. The standard InChI is InChI=1S/C30H31ClN6O3/c1-19(38-3)17-37-25-16-33-22(14-32)13-24(25)35-28(37)18-36-11-9-20(10-12-36)23-5-4-6-26-29(23)40-30(2,39-26)27-8-7-21(31)15-34-27/h4-8,13,15-16,19-20H,9-12,17-18H2,1-3H3/t19-,30?/m0/s1. The molecule has 1 saturated heterocycles. The smallest absolute Gasteiger partial charge is 0.292 e. The number of piperidine rings is 1. The molecule has 6 rings (SSSR count). The number of aromatic nitrogens is 4. The number of nitrogens with zero attached hydrogens (tertiary/aromatic N) is 6. The third-order valence-corrected chi connectivity index (χ3v) is 8.09. The number of imidazole rings is 1. The summed E-state index contributed by atoms with van der Waals surface area (Å²) in [6.07, 6.45) is 5.35. The number of methoxy groups -OCH3 is 1. The SMILES string of the molecule is CO[C@@H](C)Cn1c(CN2CCC(c3cccc4c3OC(C)(c3ccc(Cl)cn3)O4)CC2)nc2cc(C#N)ncc21. The van der Waals surface area contributed by atoms with Crippen molar-refractivity contribution in [2.75, 3.05) is 20.2 Å². The molecule has 1 aromatic carbocycles. The van der Waals surface area contributed by atoms with Gasteiger partial charge in [0.25, 0.3) is 5.79 Å². The van der Waals surface area contributed by atoms with E-state index in [9.17, 15) is 5.26 Å². The van der Waals surface area contributed by atoms with E-state index in [0.29, 0.717) is 35.4 Å². The van der Waals surface area contributed by atoms with Crippen molar-refractivity contribution in [3.63, 3.8) is 0 Å². The fraction of sp³-hybridized carbons (Fsp3) is 0.400. The molecule has 0 amide bonds. The molecule has 4 aromatic rings. The van der Waals surface area contributed by atoms with Crippen molar-refractivity contribution in [2.45, 2.75) is 57.6 Å². The highest BCUT2D eigenvalue weighted by molar-refractivity contribution is 6.30. The lowest BCUT2D eigenvalue weighted by Crippen LogP contribution is -2.34. The summed E-state index contributed by atoms with van der Waals surface area (Å²) in [6, 6.07) is 13.6. The molecule has 5 heterocycles. The van der Waals surface area contributed by atoms with Crippen LogP contribution in [0.5, 0.6) is 11.5 Å². The summed E-state index contributed by atoms with van der Waals surface area (Å²) < 4.78 is 20.4. The predicted octanol–water partition coefficient (Wildman–Crippen LogP) is 5.41. The maximum Gasteiger partial charge on any atom is 0.292 e. The highest BCUT2D eigenvalue weighted by Crippen LogP contribution is 2.49. The summed E-state index contributed by atoms with van der Waals surface area (Å²) in [6.45, 7) is 7.16. The third-order valence-electron chi connectivity index (χ3n) is 7.87. The summed E-state index contributed by atoms with van der Waals surface area (Å²) in [5.74, 6) is 1.85. The molecular formula is C30H31ClN6O3. The molecule has 0 bridgehead atoms. The van der Waals surface area contributed by atoms with Gasteiger partial charge in [0, 0.05) is 31.9 Å². The van der Waals surface area contributed by atoms with Crippen LogP contribution in [0.15, 0.2) is 48.8 Å². The Morgan fingerprint density at radius 2 is 2.00 bits per heavy atom. The van der Waals surface area contributed by atoms with E-state index in [4.69, 9.17) is 30.8 Å². The van der Waals surface area contributed by atoms with E-state index >= 15 is 0 Å². The maximum atomic E-state index is 9.29. The minimum Gasteiger partial charge on any atom is -0.443 e. The van der Waals surface area contributed by atoms with Crippen LogP contribution < -0.4 is 9.47 Å². The van der Waals surface area contributed by atoms with Gasteiger partial charge < -0.3 is 18.8 Å². The van der Waals surface area contributed by atoms with Gasteiger partial charge in [-0.2, -0.15) is 5.26 Å². The number of nitriles is 1. The van der Waals surface area contributed by atoms with Crippen LogP contribution in [0.1, 0.15) is 55.4 Å². The van der Waals surface area contributed by atoms with Crippen molar-refractivity contribution in [1.29, 1.82) is 5.26 Å². The van der Waals surface area contributed by atoms with Gasteiger partial charge in [-0.3, -0.25) is 9.88 Å². The van der Waals surface area contributed by atoms with Gasteiger partial charge >= 0.3 is 0 Å². The fourth-order valence-electron chi connectivity index (χ4n) is 5.61. The van der Waals surface area contributed by atoms with Crippen LogP contribution in [0.4, 0.5) is 0 Å². The number of para-hydroxylation sites is 1. The van der Waals surface area contributed by atoms with Crippen LogP contribution in [0.25, 0.3) is 11.0 Å². The normalized spacial score (nSPS) is 20.1. The summed E-state index contributed by atoms with van der Waals surface area (Å²) in [4.78, 5) is 16.1. The second-order valence-corrected chi connectivity index (χ2v) is 11.0. The van der Waals surface area contributed by atoms with E-state index in [1.165, 1.54) is 5.56 Å². The van der Waals surface area contributed by atoms with Gasteiger partial charge in [-0.1, -0.05) is 23.7 Å². The van der Waals surface area contributed by atoms with E-state index < -0.39 is 5.79 Å². The first kappa shape index (κ1) is 26.5. The summed E-state index contributed by atoms with van der Waals surface area (Å²) >= 11 is 6.04. The molecule has 10 heteroatoms. The van der Waals surface area contributed by atoms with Gasteiger partial charge in [0.1, 0.15) is 23.3 Å². The molecule has 0 radical (unpaired) electrons. The number of likely N-dealkylation sites (tertiary alicyclic amines) is 1. The minimum atomic E-state index is -0.998. The first-order chi connectivity index (χ1) is 19.4. The number of halogens is 1. The van der Waals surface area contributed by atoms with Crippen LogP contribution in [0, 0.1) is 11.3 Å². The van der Waals surface area contributed by atoms with E-state index in [1.807, 2.05) is 32.0 Å². The van der Waals surface area contributed by atoms with E-state index in [1.54, 1.807) is 31.6 Å². The van der Waals surface area contributed by atoms with Gasteiger partial charge in [-0.05, 0) is 57.0 Å². The highest BCUT2D eigenvalue weighted by Gasteiger charge is 2.42. The Labute approximate surface area is 238 Å². The molecule has 0 aliphatic carbocycles. The Morgan fingerprint density at radius 3 is 2.73 bits per heavy atom. The molecule has 0 saturated carbocycles. The molecular weight excluding hydrogens is 528 g/mol. The molecule has 40 heavy (non-hydrogen) atoms. The lowest BCUT2D eigenvalue weighted by atomic mass is 9.88. The quantitative estimate of drug-likeness (QED) is 0.297. The molecule has 3 aromatic heterocycles. The van der Waals surface area contributed by atoms with Gasteiger partial charge in [0.2, 0.25) is 0 Å². The lowest BCUT2D eigenvalue weighted by Gasteiger charge is -2.32. The second-order valence-electron chi connectivity index (χ2n) is 10.6. The fourth-order valence-corrected chi connectivity index (χ4v) is 5.72. The summed E-state index contributed by atoms with van der Waals surface area (Å²) in [7, 11) is 1.71. The van der Waals surface area contributed by atoms with Gasteiger partial charge in [0.15, 0.2) is 11.5 Å². The Morgan fingerprint density at radius 1 is 1.18 bits per heavy atom. The number of fused-ring (bicyclic) bond motifs is 2. The molecule has 2 aliphatic rings. The van der Waals surface area contributed by atoms with Crippen molar-refractivity contribution in [2.24, 2.45) is 0 Å². The number of hydrogen-bond donors (Lipinski definition) is 0. The number of ether oxygens (including phenoxy) is 3. The number of benzene rings is 1. The van der Waals surface area contributed by atoms with Crippen LogP contribution in [-0.4, -0.2) is 50.7 Å². The molecule has 0 N–H and O–H groups in total. The van der Waals surface area contributed by atoms with Crippen LogP contribution in [0.2, 0.25) is 5.02 Å². The largest absolute Gasteiger partial charge is 0.443 e. The second kappa shape index (κ2) is 10.7. The van der Waals surface area contributed by atoms with Gasteiger partial charge in [-0.15, -0.1) is 0 Å². The van der Waals surface area contributed by atoms with Crippen molar-refractivity contribution in [3.05, 3.63) is 76.6 Å². The first-order valence-electron chi connectivity index (χ1n) is 13.5.